The van der Waals surface area contributed by atoms with Gasteiger partial charge in [-0.3, -0.25) is 0 Å². The summed E-state index contributed by atoms with van der Waals surface area (Å²) in [5.41, 5.74) is 7.53. The summed E-state index contributed by atoms with van der Waals surface area (Å²) in [5, 5.41) is 0. The van der Waals surface area contributed by atoms with Crippen LogP contribution in [0.3, 0.4) is 0 Å². The van der Waals surface area contributed by atoms with Gasteiger partial charge in [-0.2, -0.15) is 0 Å². The first kappa shape index (κ1) is 13.3. The van der Waals surface area contributed by atoms with Crippen LogP contribution in [0.1, 0.15) is 17.7 Å². The Morgan fingerprint density at radius 1 is 1.50 bits per heavy atom. The molecule has 1 aromatic heterocycles. The van der Waals surface area contributed by atoms with E-state index in [1.54, 1.807) is 0 Å². The van der Waals surface area contributed by atoms with Crippen LogP contribution < -0.4 is 10.6 Å². The normalized spacial score (nSPS) is 22.1. The summed E-state index contributed by atoms with van der Waals surface area (Å²) in [4.78, 5) is 6.44. The minimum absolute atomic E-state index is 0.0330. The van der Waals surface area contributed by atoms with Gasteiger partial charge in [0.05, 0.1) is 11.5 Å². The van der Waals surface area contributed by atoms with Gasteiger partial charge in [0, 0.05) is 25.3 Å². The highest BCUT2D eigenvalue weighted by molar-refractivity contribution is 7.91. The number of hydrogen-bond donors (Lipinski definition) is 1. The SMILES string of the molecule is Cc1nc(N(C)C2CCS(=O)(=O)C2)ccc1CN. The predicted octanol–water partition coefficient (Wildman–Crippen LogP) is 0.472. The van der Waals surface area contributed by atoms with E-state index >= 15 is 0 Å². The number of sulfone groups is 1. The Bertz CT molecular complexity index is 542. The highest BCUT2D eigenvalue weighted by atomic mass is 32.2. The molecule has 100 valence electrons. The average molecular weight is 269 g/mol. The van der Waals surface area contributed by atoms with E-state index in [1.165, 1.54) is 0 Å². The first-order chi connectivity index (χ1) is 8.43. The zero-order chi connectivity index (χ0) is 13.3. The van der Waals surface area contributed by atoms with Gasteiger partial charge in [0.2, 0.25) is 0 Å². The topological polar surface area (TPSA) is 76.3 Å². The van der Waals surface area contributed by atoms with E-state index in [0.717, 1.165) is 17.1 Å². The molecule has 0 bridgehead atoms. The van der Waals surface area contributed by atoms with Crippen molar-refractivity contribution in [1.29, 1.82) is 0 Å². The molecule has 6 heteroatoms. The van der Waals surface area contributed by atoms with Crippen LogP contribution >= 0.6 is 0 Å². The highest BCUT2D eigenvalue weighted by Crippen LogP contribution is 2.22. The van der Waals surface area contributed by atoms with Crippen LogP contribution in [0.4, 0.5) is 5.82 Å². The number of aromatic nitrogens is 1. The molecule has 0 radical (unpaired) electrons. The van der Waals surface area contributed by atoms with Crippen LogP contribution in [0.15, 0.2) is 12.1 Å². The molecule has 0 aromatic carbocycles. The summed E-state index contributed by atoms with van der Waals surface area (Å²) < 4.78 is 23.0. The van der Waals surface area contributed by atoms with E-state index in [2.05, 4.69) is 4.98 Å². The molecule has 0 spiro atoms. The second kappa shape index (κ2) is 4.85. The second-order valence-corrected chi connectivity index (χ2v) is 7.01. The maximum absolute atomic E-state index is 11.5. The molecular weight excluding hydrogens is 250 g/mol. The molecule has 1 unspecified atom stereocenters. The molecule has 1 atom stereocenters. The van der Waals surface area contributed by atoms with E-state index in [-0.39, 0.29) is 17.5 Å². The van der Waals surface area contributed by atoms with Crippen LogP contribution in [0, 0.1) is 6.92 Å². The van der Waals surface area contributed by atoms with Crippen molar-refractivity contribution in [3.8, 4) is 0 Å². The maximum Gasteiger partial charge on any atom is 0.152 e. The van der Waals surface area contributed by atoms with Crippen molar-refractivity contribution in [3.05, 3.63) is 23.4 Å². The van der Waals surface area contributed by atoms with Gasteiger partial charge in [-0.1, -0.05) is 6.07 Å². The Morgan fingerprint density at radius 2 is 2.22 bits per heavy atom. The van der Waals surface area contributed by atoms with E-state index in [4.69, 9.17) is 5.73 Å². The van der Waals surface area contributed by atoms with Gasteiger partial charge in [0.1, 0.15) is 5.82 Å². The van der Waals surface area contributed by atoms with Gasteiger partial charge in [0.25, 0.3) is 0 Å². The standard InChI is InChI=1S/C12H19N3O2S/c1-9-10(7-13)3-4-12(14-9)15(2)11-5-6-18(16,17)8-11/h3-4,11H,5-8,13H2,1-2H3. The maximum atomic E-state index is 11.5. The van der Waals surface area contributed by atoms with Crippen molar-refractivity contribution in [1.82, 2.24) is 4.98 Å². The van der Waals surface area contributed by atoms with E-state index in [0.29, 0.717) is 13.0 Å². The van der Waals surface area contributed by atoms with Crippen LogP contribution in [0.2, 0.25) is 0 Å². The Balaban J connectivity index is 2.19. The lowest BCUT2D eigenvalue weighted by molar-refractivity contribution is 0.600. The summed E-state index contributed by atoms with van der Waals surface area (Å²) >= 11 is 0. The number of pyridine rings is 1. The lowest BCUT2D eigenvalue weighted by Gasteiger charge is -2.25. The van der Waals surface area contributed by atoms with E-state index < -0.39 is 9.84 Å². The van der Waals surface area contributed by atoms with Crippen LogP contribution in [0.25, 0.3) is 0 Å². The number of rotatable bonds is 3. The fraction of sp³-hybridized carbons (Fsp3) is 0.583. The van der Waals surface area contributed by atoms with Gasteiger partial charge in [-0.15, -0.1) is 0 Å². The minimum Gasteiger partial charge on any atom is -0.356 e. The molecule has 1 aromatic rings. The fourth-order valence-corrected chi connectivity index (χ4v) is 4.03. The predicted molar refractivity (Wildman–Crippen MR) is 72.3 cm³/mol. The van der Waals surface area contributed by atoms with Gasteiger partial charge in [0.15, 0.2) is 9.84 Å². The first-order valence-corrected chi connectivity index (χ1v) is 7.85. The van der Waals surface area contributed by atoms with Gasteiger partial charge >= 0.3 is 0 Å². The lowest BCUT2D eigenvalue weighted by atomic mass is 10.2. The first-order valence-electron chi connectivity index (χ1n) is 6.03. The third-order valence-electron chi connectivity index (χ3n) is 3.52. The van der Waals surface area contributed by atoms with Crippen molar-refractivity contribution in [2.75, 3.05) is 23.5 Å². The molecule has 1 aliphatic rings. The summed E-state index contributed by atoms with van der Waals surface area (Å²) in [5.74, 6) is 1.32. The molecular formula is C12H19N3O2S. The number of anilines is 1. The van der Waals surface area contributed by atoms with Crippen molar-refractivity contribution < 1.29 is 8.42 Å². The molecule has 1 fully saturated rings. The number of aryl methyl sites for hydroxylation is 1. The van der Waals surface area contributed by atoms with Crippen LogP contribution in [-0.2, 0) is 16.4 Å². The zero-order valence-corrected chi connectivity index (χ0v) is 11.6. The quantitative estimate of drug-likeness (QED) is 0.863. The average Bonchev–Trinajstić information content (AvgIpc) is 2.68. The molecule has 1 aliphatic heterocycles. The molecule has 2 N–H and O–H groups in total. The van der Waals surface area contributed by atoms with Gasteiger partial charge in [-0.25, -0.2) is 13.4 Å². The van der Waals surface area contributed by atoms with Crippen LogP contribution in [-0.4, -0.2) is 38.0 Å². The molecule has 0 aliphatic carbocycles. The van der Waals surface area contributed by atoms with Crippen molar-refractivity contribution in [2.24, 2.45) is 5.73 Å². The molecule has 18 heavy (non-hydrogen) atoms. The summed E-state index contributed by atoms with van der Waals surface area (Å²) in [6.45, 7) is 2.39. The Hall–Kier alpha value is -1.14. The molecule has 0 saturated carbocycles. The molecule has 1 saturated heterocycles. The third kappa shape index (κ3) is 2.64. The summed E-state index contributed by atoms with van der Waals surface area (Å²) in [6, 6.07) is 3.89. The largest absolute Gasteiger partial charge is 0.356 e. The second-order valence-electron chi connectivity index (χ2n) is 4.79. The smallest absolute Gasteiger partial charge is 0.152 e. The zero-order valence-electron chi connectivity index (χ0n) is 10.8. The van der Waals surface area contributed by atoms with Gasteiger partial charge < -0.3 is 10.6 Å². The van der Waals surface area contributed by atoms with Gasteiger partial charge in [-0.05, 0) is 25.0 Å². The number of hydrogen-bond acceptors (Lipinski definition) is 5. The number of nitrogens with two attached hydrogens (primary N) is 1. The molecule has 5 nitrogen and oxygen atoms in total. The highest BCUT2D eigenvalue weighted by Gasteiger charge is 2.31. The Morgan fingerprint density at radius 3 is 2.72 bits per heavy atom. The van der Waals surface area contributed by atoms with Crippen LogP contribution in [0.5, 0.6) is 0 Å². The molecule has 0 amide bonds. The fourth-order valence-electron chi connectivity index (χ4n) is 2.26. The number of nitrogens with zero attached hydrogens (tertiary/aromatic N) is 2. The molecule has 2 rings (SSSR count). The Labute approximate surface area is 108 Å². The third-order valence-corrected chi connectivity index (χ3v) is 5.27. The minimum atomic E-state index is -2.86. The lowest BCUT2D eigenvalue weighted by Crippen LogP contribution is -2.33. The van der Waals surface area contributed by atoms with E-state index in [1.807, 2.05) is 31.0 Å². The van der Waals surface area contributed by atoms with Crippen molar-refractivity contribution in [3.63, 3.8) is 0 Å². The Kier molecular flexibility index (Phi) is 3.59. The van der Waals surface area contributed by atoms with Crippen molar-refractivity contribution in [2.45, 2.75) is 25.9 Å². The van der Waals surface area contributed by atoms with E-state index in [9.17, 15) is 8.42 Å². The molecule has 2 heterocycles. The summed E-state index contributed by atoms with van der Waals surface area (Å²) in [7, 11) is -0.963. The summed E-state index contributed by atoms with van der Waals surface area (Å²) in [6.07, 6.45) is 0.679. The monoisotopic (exact) mass is 269 g/mol. The van der Waals surface area contributed by atoms with Crippen molar-refractivity contribution >= 4 is 15.7 Å².